The molecule has 0 radical (unpaired) electrons. The molecule has 6 nitrogen and oxygen atoms in total. The van der Waals surface area contributed by atoms with Gasteiger partial charge in [0.25, 0.3) is 0 Å². The van der Waals surface area contributed by atoms with Crippen LogP contribution in [-0.4, -0.2) is 29.3 Å². The predicted octanol–water partition coefficient (Wildman–Crippen LogP) is 6.04. The molecule has 3 rings (SSSR count). The Labute approximate surface area is 195 Å². The van der Waals surface area contributed by atoms with Crippen molar-refractivity contribution >= 4 is 38.9 Å². The van der Waals surface area contributed by atoms with Crippen molar-refractivity contribution in [3.05, 3.63) is 51.1 Å². The van der Waals surface area contributed by atoms with E-state index in [1.54, 1.807) is 13.8 Å². The standard InChI is InChI=1S/C21H23BrF2N4O2.C2H6/c1-10(2)12-8-14(23)16(17(24)18(12)25)20(29)19(26)13-7-11(22)9-27-21(13)28-15-5-3-4-6-30-15;1-2/h7-10,15,26H,3-6,25H2,1-2H3,(H,27,28);1-2H3. The van der Waals surface area contributed by atoms with Crippen LogP contribution in [0.4, 0.5) is 20.3 Å². The Morgan fingerprint density at radius 1 is 1.31 bits per heavy atom. The van der Waals surface area contributed by atoms with Crippen molar-refractivity contribution in [1.82, 2.24) is 4.98 Å². The SMILES string of the molecule is CC.CC(C)c1cc(F)c(C(=O)C(=N)c2cc(Br)cnc2NC2CCCCO2)c(F)c1N. The van der Waals surface area contributed by atoms with Gasteiger partial charge in [0, 0.05) is 22.8 Å². The van der Waals surface area contributed by atoms with Gasteiger partial charge in [0.15, 0.2) is 5.82 Å². The zero-order valence-electron chi connectivity index (χ0n) is 18.7. The fourth-order valence-electron chi connectivity index (χ4n) is 3.34. The predicted molar refractivity (Wildman–Crippen MR) is 127 cm³/mol. The number of carbonyl (C=O) groups excluding carboxylic acids is 1. The molecule has 1 aliphatic rings. The van der Waals surface area contributed by atoms with E-state index in [2.05, 4.69) is 26.2 Å². The molecule has 1 aliphatic heterocycles. The molecule has 32 heavy (non-hydrogen) atoms. The highest BCUT2D eigenvalue weighted by molar-refractivity contribution is 9.10. The zero-order valence-corrected chi connectivity index (χ0v) is 20.3. The van der Waals surface area contributed by atoms with Crippen LogP contribution in [0.3, 0.4) is 0 Å². The Bertz CT molecular complexity index is 992. The Morgan fingerprint density at radius 3 is 2.59 bits per heavy atom. The van der Waals surface area contributed by atoms with E-state index in [1.165, 1.54) is 12.3 Å². The maximum Gasteiger partial charge on any atom is 0.217 e. The number of carbonyl (C=O) groups is 1. The minimum absolute atomic E-state index is 0.105. The van der Waals surface area contributed by atoms with Crippen molar-refractivity contribution in [2.75, 3.05) is 17.7 Å². The van der Waals surface area contributed by atoms with Crippen molar-refractivity contribution in [3.63, 3.8) is 0 Å². The van der Waals surface area contributed by atoms with E-state index in [9.17, 15) is 13.6 Å². The van der Waals surface area contributed by atoms with Crippen LogP contribution in [0, 0.1) is 17.0 Å². The number of ketones is 1. The van der Waals surface area contributed by atoms with Crippen molar-refractivity contribution in [2.45, 2.75) is 59.1 Å². The van der Waals surface area contributed by atoms with Gasteiger partial charge in [0.1, 0.15) is 23.6 Å². The third-order valence-electron chi connectivity index (χ3n) is 4.97. The summed E-state index contributed by atoms with van der Waals surface area (Å²) < 4.78 is 35.6. The lowest BCUT2D eigenvalue weighted by Gasteiger charge is -2.25. The van der Waals surface area contributed by atoms with E-state index < -0.39 is 28.7 Å². The lowest BCUT2D eigenvalue weighted by atomic mass is 9.94. The number of nitrogens with one attached hydrogen (secondary N) is 2. The van der Waals surface area contributed by atoms with Gasteiger partial charge in [-0.25, -0.2) is 13.8 Å². The second-order valence-corrected chi connectivity index (χ2v) is 8.37. The van der Waals surface area contributed by atoms with Crippen molar-refractivity contribution < 1.29 is 18.3 Å². The first-order chi connectivity index (χ1) is 15.2. The van der Waals surface area contributed by atoms with Crippen LogP contribution in [0.1, 0.15) is 74.4 Å². The molecule has 0 saturated carbocycles. The lowest BCUT2D eigenvalue weighted by Crippen LogP contribution is -2.29. The summed E-state index contributed by atoms with van der Waals surface area (Å²) >= 11 is 3.26. The van der Waals surface area contributed by atoms with E-state index in [0.29, 0.717) is 11.1 Å². The second kappa shape index (κ2) is 11.5. The van der Waals surface area contributed by atoms with Crippen LogP contribution < -0.4 is 11.1 Å². The number of hydrogen-bond donors (Lipinski definition) is 3. The number of nitrogen functional groups attached to an aromatic ring is 1. The van der Waals surface area contributed by atoms with E-state index in [-0.39, 0.29) is 34.8 Å². The van der Waals surface area contributed by atoms with Gasteiger partial charge in [-0.05, 0) is 58.8 Å². The van der Waals surface area contributed by atoms with Crippen molar-refractivity contribution in [3.8, 4) is 0 Å². The summed E-state index contributed by atoms with van der Waals surface area (Å²) in [4.78, 5) is 17.1. The highest BCUT2D eigenvalue weighted by Crippen LogP contribution is 2.30. The van der Waals surface area contributed by atoms with Crippen molar-refractivity contribution in [2.24, 2.45) is 0 Å². The van der Waals surface area contributed by atoms with Crippen LogP contribution >= 0.6 is 15.9 Å². The van der Waals surface area contributed by atoms with Gasteiger partial charge in [-0.15, -0.1) is 0 Å². The topological polar surface area (TPSA) is 101 Å². The Morgan fingerprint density at radius 2 is 2.00 bits per heavy atom. The first-order valence-corrected chi connectivity index (χ1v) is 11.4. The zero-order chi connectivity index (χ0) is 24.0. The smallest absolute Gasteiger partial charge is 0.217 e. The largest absolute Gasteiger partial charge is 0.396 e. The molecule has 4 N–H and O–H groups in total. The van der Waals surface area contributed by atoms with Crippen molar-refractivity contribution in [1.29, 1.82) is 5.41 Å². The van der Waals surface area contributed by atoms with Gasteiger partial charge in [-0.2, -0.15) is 0 Å². The monoisotopic (exact) mass is 510 g/mol. The fraction of sp³-hybridized carbons (Fsp3) is 0.435. The highest BCUT2D eigenvalue weighted by Gasteiger charge is 2.28. The molecule has 1 aromatic carbocycles. The summed E-state index contributed by atoms with van der Waals surface area (Å²) in [5.41, 5.74) is 4.44. The maximum absolute atomic E-state index is 14.8. The molecule has 1 unspecified atom stereocenters. The molecule has 0 amide bonds. The minimum Gasteiger partial charge on any atom is -0.396 e. The number of benzene rings is 1. The molecular weight excluding hydrogens is 482 g/mol. The fourth-order valence-corrected chi connectivity index (χ4v) is 3.67. The number of ether oxygens (including phenoxy) is 1. The summed E-state index contributed by atoms with van der Waals surface area (Å²) in [6.45, 7) is 8.08. The van der Waals surface area contributed by atoms with E-state index in [4.69, 9.17) is 15.9 Å². The summed E-state index contributed by atoms with van der Waals surface area (Å²) in [7, 11) is 0. The molecule has 9 heteroatoms. The third-order valence-corrected chi connectivity index (χ3v) is 5.40. The van der Waals surface area contributed by atoms with Gasteiger partial charge in [-0.3, -0.25) is 10.2 Å². The molecule has 2 aromatic rings. The van der Waals surface area contributed by atoms with Gasteiger partial charge in [0.05, 0.1) is 11.3 Å². The van der Waals surface area contributed by atoms with Gasteiger partial charge in [0.2, 0.25) is 5.78 Å². The highest BCUT2D eigenvalue weighted by atomic mass is 79.9. The normalized spacial score (nSPS) is 15.7. The molecule has 2 heterocycles. The first kappa shape index (κ1) is 25.9. The first-order valence-electron chi connectivity index (χ1n) is 10.6. The van der Waals surface area contributed by atoms with E-state index in [0.717, 1.165) is 25.3 Å². The number of hydrogen-bond acceptors (Lipinski definition) is 6. The Hall–Kier alpha value is -2.39. The number of halogens is 3. The van der Waals surface area contributed by atoms with Crippen LogP contribution in [-0.2, 0) is 4.74 Å². The summed E-state index contributed by atoms with van der Waals surface area (Å²) in [6, 6.07) is 2.55. The van der Waals surface area contributed by atoms with Gasteiger partial charge < -0.3 is 15.8 Å². The average Bonchev–Trinajstić information content (AvgIpc) is 2.78. The minimum atomic E-state index is -1.15. The Balaban J connectivity index is 0.00000176. The number of Topliss-reactive ketones (excluding diaryl/α,β-unsaturated/α-hetero) is 1. The van der Waals surface area contributed by atoms with Gasteiger partial charge in [-0.1, -0.05) is 27.7 Å². The van der Waals surface area contributed by atoms with Crippen LogP contribution in [0.5, 0.6) is 0 Å². The maximum atomic E-state index is 14.8. The van der Waals surface area contributed by atoms with E-state index in [1.807, 2.05) is 13.8 Å². The summed E-state index contributed by atoms with van der Waals surface area (Å²) in [5.74, 6) is -3.30. The second-order valence-electron chi connectivity index (χ2n) is 7.46. The molecule has 0 aliphatic carbocycles. The van der Waals surface area contributed by atoms with Crippen LogP contribution in [0.2, 0.25) is 0 Å². The average molecular weight is 511 g/mol. The van der Waals surface area contributed by atoms with E-state index >= 15 is 0 Å². The molecule has 0 spiro atoms. The van der Waals surface area contributed by atoms with Gasteiger partial charge >= 0.3 is 0 Å². The number of anilines is 2. The molecular formula is C23H29BrF2N4O2. The third kappa shape index (κ3) is 5.69. The number of pyridine rings is 1. The van der Waals surface area contributed by atoms with Crippen LogP contribution in [0.25, 0.3) is 0 Å². The number of nitrogens with zero attached hydrogens (tertiary/aromatic N) is 1. The Kier molecular flexibility index (Phi) is 9.27. The summed E-state index contributed by atoms with van der Waals surface area (Å²) in [5, 5.41) is 11.4. The number of aromatic nitrogens is 1. The number of nitrogens with two attached hydrogens (primary N) is 1. The number of rotatable bonds is 6. The molecule has 174 valence electrons. The van der Waals surface area contributed by atoms with Crippen LogP contribution in [0.15, 0.2) is 22.8 Å². The molecule has 1 saturated heterocycles. The molecule has 0 bridgehead atoms. The quantitative estimate of drug-likeness (QED) is 0.249. The summed E-state index contributed by atoms with van der Waals surface area (Å²) in [6.07, 6.45) is 3.86. The molecule has 1 atom stereocenters. The lowest BCUT2D eigenvalue weighted by molar-refractivity contribution is 0.0341. The molecule has 1 fully saturated rings. The molecule has 1 aromatic heterocycles.